The summed E-state index contributed by atoms with van der Waals surface area (Å²) in [6.07, 6.45) is 4.85. The van der Waals surface area contributed by atoms with E-state index in [-0.39, 0.29) is 0 Å². The molecule has 0 aliphatic carbocycles. The smallest absolute Gasteiger partial charge is 0.246 e. The molecule has 21 heavy (non-hydrogen) atoms. The van der Waals surface area contributed by atoms with Crippen LogP contribution < -0.4 is 14.8 Å². The molecule has 1 N–H and O–H groups in total. The van der Waals surface area contributed by atoms with E-state index in [0.717, 1.165) is 43.1 Å². The van der Waals surface area contributed by atoms with E-state index >= 15 is 0 Å². The van der Waals surface area contributed by atoms with Gasteiger partial charge in [0.1, 0.15) is 0 Å². The lowest BCUT2D eigenvalue weighted by Crippen LogP contribution is -2.33. The van der Waals surface area contributed by atoms with E-state index in [4.69, 9.17) is 14.2 Å². The van der Waals surface area contributed by atoms with E-state index < -0.39 is 5.79 Å². The number of hydrogen-bond donors (Lipinski definition) is 1. The molecular weight excluding hydrogens is 266 g/mol. The lowest BCUT2D eigenvalue weighted by molar-refractivity contribution is -0.0431. The van der Waals surface area contributed by atoms with E-state index in [1.807, 2.05) is 26.0 Å². The minimum atomic E-state index is -0.564. The van der Waals surface area contributed by atoms with Crippen molar-refractivity contribution in [1.82, 2.24) is 0 Å². The van der Waals surface area contributed by atoms with Crippen LogP contribution in [-0.2, 0) is 4.74 Å². The van der Waals surface area contributed by atoms with E-state index in [9.17, 15) is 0 Å². The lowest BCUT2D eigenvalue weighted by Gasteiger charge is -2.30. The Morgan fingerprint density at radius 2 is 2.05 bits per heavy atom. The van der Waals surface area contributed by atoms with Crippen LogP contribution in [0.1, 0.15) is 46.5 Å². The number of anilines is 1. The van der Waals surface area contributed by atoms with Crippen LogP contribution in [0.2, 0.25) is 0 Å². The van der Waals surface area contributed by atoms with Gasteiger partial charge in [-0.1, -0.05) is 13.3 Å². The fraction of sp³-hybridized carbons (Fsp3) is 0.647. The van der Waals surface area contributed by atoms with Gasteiger partial charge >= 0.3 is 0 Å². The first-order chi connectivity index (χ1) is 10.1. The Morgan fingerprint density at radius 1 is 1.24 bits per heavy atom. The lowest BCUT2D eigenvalue weighted by atomic mass is 10.00. The third-order valence-electron chi connectivity index (χ3n) is 4.00. The van der Waals surface area contributed by atoms with Crippen LogP contribution in [0.25, 0.3) is 0 Å². The second-order valence-corrected chi connectivity index (χ2v) is 6.41. The van der Waals surface area contributed by atoms with Crippen LogP contribution in [0.5, 0.6) is 11.5 Å². The zero-order valence-electron chi connectivity index (χ0n) is 13.1. The molecule has 0 amide bonds. The number of fused-ring (bicyclic) bond motifs is 1. The van der Waals surface area contributed by atoms with Crippen molar-refractivity contribution in [3.05, 3.63) is 18.2 Å². The van der Waals surface area contributed by atoms with E-state index in [2.05, 4.69) is 18.3 Å². The molecule has 0 saturated carbocycles. The molecular formula is C17H25NO3. The highest BCUT2D eigenvalue weighted by molar-refractivity contribution is 5.56. The van der Waals surface area contributed by atoms with Gasteiger partial charge in [0.15, 0.2) is 11.5 Å². The molecule has 0 spiro atoms. The van der Waals surface area contributed by atoms with Crippen LogP contribution in [0.3, 0.4) is 0 Å². The fourth-order valence-electron chi connectivity index (χ4n) is 3.08. The summed E-state index contributed by atoms with van der Waals surface area (Å²) in [6.45, 7) is 6.90. The molecule has 0 bridgehead atoms. The molecule has 1 saturated heterocycles. The third kappa shape index (κ3) is 3.43. The Hall–Kier alpha value is -1.42. The van der Waals surface area contributed by atoms with E-state index in [1.54, 1.807) is 0 Å². The van der Waals surface area contributed by atoms with Gasteiger partial charge in [-0.3, -0.25) is 0 Å². The normalized spacial score (nSPS) is 26.6. The van der Waals surface area contributed by atoms with Crippen LogP contribution in [0, 0.1) is 0 Å². The second kappa shape index (κ2) is 5.76. The molecule has 1 fully saturated rings. The number of hydrogen-bond acceptors (Lipinski definition) is 4. The summed E-state index contributed by atoms with van der Waals surface area (Å²) in [5, 5.41) is 3.61. The molecule has 0 aromatic heterocycles. The summed E-state index contributed by atoms with van der Waals surface area (Å²) in [6, 6.07) is 6.56. The highest BCUT2D eigenvalue weighted by Crippen LogP contribution is 2.41. The number of benzene rings is 1. The van der Waals surface area contributed by atoms with Gasteiger partial charge in [-0.25, -0.2) is 0 Å². The molecule has 0 radical (unpaired) electrons. The molecule has 4 nitrogen and oxygen atoms in total. The number of rotatable bonds is 4. The van der Waals surface area contributed by atoms with Gasteiger partial charge in [-0.05, 0) is 31.4 Å². The van der Waals surface area contributed by atoms with Gasteiger partial charge in [0.05, 0.1) is 6.10 Å². The Labute approximate surface area is 126 Å². The summed E-state index contributed by atoms with van der Waals surface area (Å²) >= 11 is 0. The van der Waals surface area contributed by atoms with Crippen molar-refractivity contribution in [1.29, 1.82) is 0 Å². The predicted molar refractivity (Wildman–Crippen MR) is 83.1 cm³/mol. The zero-order valence-corrected chi connectivity index (χ0v) is 13.1. The van der Waals surface area contributed by atoms with Crippen LogP contribution >= 0.6 is 0 Å². The highest BCUT2D eigenvalue weighted by atomic mass is 16.7. The number of nitrogens with one attached hydrogen (secondary N) is 1. The standard InChI is InChI=1S/C17H25NO3/c1-4-5-14-10-13(8-9-19-14)18-12-6-7-15-16(11-12)21-17(2,3)20-15/h6-7,11,13-14,18H,4-5,8-10H2,1-3H3. The van der Waals surface area contributed by atoms with Gasteiger partial charge in [0.2, 0.25) is 5.79 Å². The van der Waals surface area contributed by atoms with E-state index in [0.29, 0.717) is 12.1 Å². The average Bonchev–Trinajstić information content (AvgIpc) is 2.73. The molecule has 2 heterocycles. The van der Waals surface area contributed by atoms with Crippen LogP contribution in [0.15, 0.2) is 18.2 Å². The predicted octanol–water partition coefficient (Wildman–Crippen LogP) is 3.95. The monoisotopic (exact) mass is 291 g/mol. The first kappa shape index (κ1) is 14.5. The van der Waals surface area contributed by atoms with Crippen molar-refractivity contribution in [2.45, 2.75) is 64.4 Å². The summed E-state index contributed by atoms with van der Waals surface area (Å²) < 4.78 is 17.3. The topological polar surface area (TPSA) is 39.7 Å². The maximum atomic E-state index is 5.80. The second-order valence-electron chi connectivity index (χ2n) is 6.41. The summed E-state index contributed by atoms with van der Waals surface area (Å²) in [5.41, 5.74) is 1.09. The Morgan fingerprint density at radius 3 is 2.86 bits per heavy atom. The molecule has 3 rings (SSSR count). The van der Waals surface area contributed by atoms with Crippen molar-refractivity contribution in [3.8, 4) is 11.5 Å². The Bertz CT molecular complexity index is 499. The fourth-order valence-corrected chi connectivity index (χ4v) is 3.08. The molecule has 2 atom stereocenters. The molecule has 4 heteroatoms. The van der Waals surface area contributed by atoms with E-state index in [1.165, 1.54) is 6.42 Å². The van der Waals surface area contributed by atoms with Gasteiger partial charge in [0.25, 0.3) is 0 Å². The Kier molecular flexibility index (Phi) is 3.98. The van der Waals surface area contributed by atoms with Crippen molar-refractivity contribution in [2.24, 2.45) is 0 Å². The van der Waals surface area contributed by atoms with Gasteiger partial charge in [-0.2, -0.15) is 0 Å². The van der Waals surface area contributed by atoms with Crippen molar-refractivity contribution >= 4 is 5.69 Å². The molecule has 1 aromatic carbocycles. The highest BCUT2D eigenvalue weighted by Gasteiger charge is 2.32. The minimum absolute atomic E-state index is 0.397. The SMILES string of the molecule is CCCC1CC(Nc2ccc3c(c2)OC(C)(C)O3)CCO1. The first-order valence-corrected chi connectivity index (χ1v) is 7.96. The summed E-state index contributed by atoms with van der Waals surface area (Å²) in [4.78, 5) is 0. The maximum absolute atomic E-state index is 5.80. The van der Waals surface area contributed by atoms with Crippen molar-refractivity contribution < 1.29 is 14.2 Å². The molecule has 2 aliphatic heterocycles. The summed E-state index contributed by atoms with van der Waals surface area (Å²) in [5.74, 6) is 1.08. The average molecular weight is 291 g/mol. The van der Waals surface area contributed by atoms with Gasteiger partial charge < -0.3 is 19.5 Å². The first-order valence-electron chi connectivity index (χ1n) is 7.96. The zero-order chi connectivity index (χ0) is 14.9. The maximum Gasteiger partial charge on any atom is 0.246 e. The molecule has 1 aromatic rings. The molecule has 116 valence electrons. The molecule has 2 unspecified atom stereocenters. The number of ether oxygens (including phenoxy) is 3. The molecule has 2 aliphatic rings. The summed E-state index contributed by atoms with van der Waals surface area (Å²) in [7, 11) is 0. The quantitative estimate of drug-likeness (QED) is 0.911. The van der Waals surface area contributed by atoms with Gasteiger partial charge in [-0.15, -0.1) is 0 Å². The van der Waals surface area contributed by atoms with Crippen molar-refractivity contribution in [2.75, 3.05) is 11.9 Å². The Balaban J connectivity index is 1.64. The van der Waals surface area contributed by atoms with Crippen LogP contribution in [0.4, 0.5) is 5.69 Å². The largest absolute Gasteiger partial charge is 0.449 e. The van der Waals surface area contributed by atoms with Crippen LogP contribution in [-0.4, -0.2) is 24.5 Å². The van der Waals surface area contributed by atoms with Gasteiger partial charge in [0, 0.05) is 38.2 Å². The third-order valence-corrected chi connectivity index (χ3v) is 4.00. The minimum Gasteiger partial charge on any atom is -0.449 e. The van der Waals surface area contributed by atoms with Crippen molar-refractivity contribution in [3.63, 3.8) is 0 Å².